The summed E-state index contributed by atoms with van der Waals surface area (Å²) in [5.41, 5.74) is 0.521. The van der Waals surface area contributed by atoms with Crippen LogP contribution in [0.2, 0.25) is 0 Å². The van der Waals surface area contributed by atoms with Gasteiger partial charge in [0.15, 0.2) is 0 Å². The third-order valence-electron chi connectivity index (χ3n) is 2.98. The van der Waals surface area contributed by atoms with E-state index in [2.05, 4.69) is 22.7 Å². The summed E-state index contributed by atoms with van der Waals surface area (Å²) in [5, 5.41) is 9.03. The highest BCUT2D eigenvalue weighted by molar-refractivity contribution is 6.39. The fraction of sp³-hybridized carbons (Fsp3) is 0.643. The summed E-state index contributed by atoms with van der Waals surface area (Å²) in [7, 11) is 1.74. The van der Waals surface area contributed by atoms with E-state index in [4.69, 9.17) is 0 Å². The number of nitrogens with one attached hydrogen (secondary N) is 2. The third-order valence-corrected chi connectivity index (χ3v) is 2.98. The van der Waals surface area contributed by atoms with E-state index in [0.29, 0.717) is 12.2 Å². The molecule has 0 aromatic carbocycles. The second-order valence-corrected chi connectivity index (χ2v) is 4.88. The van der Waals surface area contributed by atoms with E-state index in [1.807, 2.05) is 0 Å². The molecule has 1 rings (SSSR count). The van der Waals surface area contributed by atoms with Gasteiger partial charge in [-0.15, -0.1) is 0 Å². The molecule has 0 radical (unpaired) electrons. The fourth-order valence-electron chi connectivity index (χ4n) is 1.86. The Hall–Kier alpha value is -1.85. The summed E-state index contributed by atoms with van der Waals surface area (Å²) in [6.45, 7) is 2.73. The second kappa shape index (κ2) is 9.12. The zero-order chi connectivity index (χ0) is 14.8. The predicted octanol–water partition coefficient (Wildman–Crippen LogP) is 1.84. The first kappa shape index (κ1) is 16.2. The Morgan fingerprint density at radius 1 is 1.15 bits per heavy atom. The minimum Gasteiger partial charge on any atom is -0.348 e. The van der Waals surface area contributed by atoms with Gasteiger partial charge in [-0.25, -0.2) is 0 Å². The topological polar surface area (TPSA) is 76.0 Å². The van der Waals surface area contributed by atoms with Crippen molar-refractivity contribution in [1.29, 1.82) is 0 Å². The molecule has 20 heavy (non-hydrogen) atoms. The minimum atomic E-state index is -0.649. The molecule has 0 aliphatic carbocycles. The van der Waals surface area contributed by atoms with Crippen molar-refractivity contribution in [1.82, 2.24) is 15.1 Å². The number of rotatable bonds is 8. The lowest BCUT2D eigenvalue weighted by molar-refractivity contribution is -0.136. The maximum absolute atomic E-state index is 11.6. The van der Waals surface area contributed by atoms with Gasteiger partial charge in [-0.3, -0.25) is 14.3 Å². The van der Waals surface area contributed by atoms with Gasteiger partial charge in [0.1, 0.15) is 0 Å². The standard InChI is InChI=1S/C14H24N4O2/c1-3-4-5-6-7-8-9-15-13(19)14(20)17-12-10-16-18(2)11-12/h10-11H,3-9H2,1-2H3,(H,15,19)(H,17,20). The SMILES string of the molecule is CCCCCCCCNC(=O)C(=O)Nc1cnn(C)c1. The first-order valence-electron chi connectivity index (χ1n) is 7.21. The van der Waals surface area contributed by atoms with Crippen molar-refractivity contribution in [2.24, 2.45) is 7.05 Å². The largest absolute Gasteiger partial charge is 0.348 e. The van der Waals surface area contributed by atoms with Crippen LogP contribution in [-0.4, -0.2) is 28.1 Å². The zero-order valence-electron chi connectivity index (χ0n) is 12.3. The Morgan fingerprint density at radius 3 is 2.50 bits per heavy atom. The lowest BCUT2D eigenvalue weighted by atomic mass is 10.1. The van der Waals surface area contributed by atoms with E-state index in [0.717, 1.165) is 12.8 Å². The molecule has 1 aromatic heterocycles. The van der Waals surface area contributed by atoms with Crippen LogP contribution in [0.15, 0.2) is 12.4 Å². The monoisotopic (exact) mass is 280 g/mol. The molecule has 0 aliphatic rings. The summed E-state index contributed by atoms with van der Waals surface area (Å²) >= 11 is 0. The van der Waals surface area contributed by atoms with Crippen LogP contribution < -0.4 is 10.6 Å². The molecule has 2 N–H and O–H groups in total. The second-order valence-electron chi connectivity index (χ2n) is 4.88. The lowest BCUT2D eigenvalue weighted by Crippen LogP contribution is -2.35. The highest BCUT2D eigenvalue weighted by Gasteiger charge is 2.13. The summed E-state index contributed by atoms with van der Waals surface area (Å²) in [5.74, 6) is -1.24. The number of aromatic nitrogens is 2. The van der Waals surface area contributed by atoms with Crippen LogP contribution in [0.3, 0.4) is 0 Å². The Labute approximate surface area is 119 Å². The molecule has 0 saturated heterocycles. The first-order chi connectivity index (χ1) is 9.63. The zero-order valence-corrected chi connectivity index (χ0v) is 12.3. The maximum Gasteiger partial charge on any atom is 0.313 e. The molecule has 0 atom stereocenters. The van der Waals surface area contributed by atoms with Gasteiger partial charge in [0.05, 0.1) is 11.9 Å². The maximum atomic E-state index is 11.6. The molecule has 1 aromatic rings. The van der Waals surface area contributed by atoms with Gasteiger partial charge < -0.3 is 10.6 Å². The summed E-state index contributed by atoms with van der Waals surface area (Å²) < 4.78 is 1.56. The molecular formula is C14H24N4O2. The van der Waals surface area contributed by atoms with Crippen LogP contribution in [-0.2, 0) is 16.6 Å². The number of carbonyl (C=O) groups excluding carboxylic acids is 2. The quantitative estimate of drug-likeness (QED) is 0.563. The lowest BCUT2D eigenvalue weighted by Gasteiger charge is -2.05. The van der Waals surface area contributed by atoms with Crippen LogP contribution in [0.4, 0.5) is 5.69 Å². The number of aryl methyl sites for hydroxylation is 1. The number of carbonyl (C=O) groups is 2. The molecule has 0 aliphatic heterocycles. The van der Waals surface area contributed by atoms with Crippen molar-refractivity contribution < 1.29 is 9.59 Å². The van der Waals surface area contributed by atoms with Crippen LogP contribution >= 0.6 is 0 Å². The third kappa shape index (κ3) is 6.36. The van der Waals surface area contributed by atoms with Crippen LogP contribution in [0, 0.1) is 0 Å². The average molecular weight is 280 g/mol. The van der Waals surface area contributed by atoms with Crippen molar-refractivity contribution >= 4 is 17.5 Å². The first-order valence-corrected chi connectivity index (χ1v) is 7.21. The number of hydrogen-bond acceptors (Lipinski definition) is 3. The van der Waals surface area contributed by atoms with Crippen LogP contribution in [0.5, 0.6) is 0 Å². The van der Waals surface area contributed by atoms with E-state index in [9.17, 15) is 9.59 Å². The van der Waals surface area contributed by atoms with Crippen LogP contribution in [0.25, 0.3) is 0 Å². The molecule has 112 valence electrons. The molecule has 1 heterocycles. The van der Waals surface area contributed by atoms with E-state index in [1.165, 1.54) is 31.9 Å². The van der Waals surface area contributed by atoms with Gasteiger partial charge in [0.2, 0.25) is 0 Å². The average Bonchev–Trinajstić information content (AvgIpc) is 2.82. The summed E-state index contributed by atoms with van der Waals surface area (Å²) in [6, 6.07) is 0. The molecule has 0 fully saturated rings. The van der Waals surface area contributed by atoms with E-state index >= 15 is 0 Å². The van der Waals surface area contributed by atoms with Gasteiger partial charge in [0, 0.05) is 19.8 Å². The Morgan fingerprint density at radius 2 is 1.85 bits per heavy atom. The van der Waals surface area contributed by atoms with Gasteiger partial charge in [-0.2, -0.15) is 5.10 Å². The highest BCUT2D eigenvalue weighted by atomic mass is 16.2. The van der Waals surface area contributed by atoms with E-state index in [-0.39, 0.29) is 0 Å². The van der Waals surface area contributed by atoms with Gasteiger partial charge in [-0.05, 0) is 6.42 Å². The molecule has 6 nitrogen and oxygen atoms in total. The van der Waals surface area contributed by atoms with Gasteiger partial charge in [0.25, 0.3) is 0 Å². The summed E-state index contributed by atoms with van der Waals surface area (Å²) in [4.78, 5) is 23.1. The number of nitrogens with zero attached hydrogens (tertiary/aromatic N) is 2. The Balaban J connectivity index is 2.11. The molecule has 0 saturated carbocycles. The van der Waals surface area contributed by atoms with E-state index in [1.54, 1.807) is 17.9 Å². The molecular weight excluding hydrogens is 256 g/mol. The van der Waals surface area contributed by atoms with E-state index < -0.39 is 11.8 Å². The molecule has 0 spiro atoms. The summed E-state index contributed by atoms with van der Waals surface area (Å²) in [6.07, 6.45) is 10.1. The van der Waals surface area contributed by atoms with Crippen molar-refractivity contribution in [3.05, 3.63) is 12.4 Å². The number of amides is 2. The van der Waals surface area contributed by atoms with Crippen molar-refractivity contribution in [2.45, 2.75) is 45.4 Å². The highest BCUT2D eigenvalue weighted by Crippen LogP contribution is 2.04. The fourth-order valence-corrected chi connectivity index (χ4v) is 1.86. The van der Waals surface area contributed by atoms with Crippen LogP contribution in [0.1, 0.15) is 45.4 Å². The molecule has 0 unspecified atom stereocenters. The molecule has 6 heteroatoms. The van der Waals surface area contributed by atoms with Gasteiger partial charge in [-0.1, -0.05) is 39.0 Å². The number of unbranched alkanes of at least 4 members (excludes halogenated alkanes) is 5. The van der Waals surface area contributed by atoms with Crippen molar-refractivity contribution in [3.63, 3.8) is 0 Å². The Bertz CT molecular complexity index is 429. The van der Waals surface area contributed by atoms with Crippen molar-refractivity contribution in [3.8, 4) is 0 Å². The molecule has 2 amide bonds. The number of anilines is 1. The normalized spacial score (nSPS) is 10.3. The Kier molecular flexibility index (Phi) is 7.39. The van der Waals surface area contributed by atoms with Gasteiger partial charge >= 0.3 is 11.8 Å². The predicted molar refractivity (Wildman–Crippen MR) is 78.2 cm³/mol. The van der Waals surface area contributed by atoms with Crippen molar-refractivity contribution in [2.75, 3.05) is 11.9 Å². The smallest absolute Gasteiger partial charge is 0.313 e. The minimum absolute atomic E-state index is 0.521. The number of hydrogen-bond donors (Lipinski definition) is 2. The molecule has 0 bridgehead atoms.